The van der Waals surface area contributed by atoms with Crippen molar-refractivity contribution in [3.05, 3.63) is 34.9 Å². The number of halogens is 1. The monoisotopic (exact) mass is 254 g/mol. The fourth-order valence-electron chi connectivity index (χ4n) is 1.52. The van der Waals surface area contributed by atoms with Crippen LogP contribution in [0, 0.1) is 5.92 Å². The highest BCUT2D eigenvalue weighted by Gasteiger charge is 2.26. The van der Waals surface area contributed by atoms with Crippen LogP contribution in [0.1, 0.15) is 30.6 Å². The van der Waals surface area contributed by atoms with Crippen molar-refractivity contribution in [3.8, 4) is 0 Å². The molecule has 0 aliphatic rings. The van der Waals surface area contributed by atoms with Crippen LogP contribution >= 0.6 is 11.6 Å². The molecule has 0 aliphatic heterocycles. The summed E-state index contributed by atoms with van der Waals surface area (Å²) in [4.78, 5) is 23.6. The summed E-state index contributed by atoms with van der Waals surface area (Å²) in [7, 11) is 0. The number of hydrogen-bond donors (Lipinski definition) is 0. The second-order valence-corrected chi connectivity index (χ2v) is 4.02. The Morgan fingerprint density at radius 2 is 1.82 bits per heavy atom. The van der Waals surface area contributed by atoms with Gasteiger partial charge in [0.15, 0.2) is 5.78 Å². The number of benzene rings is 1. The molecule has 0 spiro atoms. The third-order valence-corrected chi connectivity index (χ3v) is 2.68. The minimum Gasteiger partial charge on any atom is -0.465 e. The van der Waals surface area contributed by atoms with Crippen LogP contribution in [0.15, 0.2) is 24.3 Å². The van der Waals surface area contributed by atoms with Crippen LogP contribution in [0.2, 0.25) is 5.02 Å². The highest BCUT2D eigenvalue weighted by molar-refractivity contribution is 6.30. The maximum atomic E-state index is 12.1. The zero-order valence-electron chi connectivity index (χ0n) is 9.90. The maximum absolute atomic E-state index is 12.1. The van der Waals surface area contributed by atoms with Crippen LogP contribution in [0.25, 0.3) is 0 Å². The Hall–Kier alpha value is -1.35. The van der Waals surface area contributed by atoms with Gasteiger partial charge in [-0.2, -0.15) is 0 Å². The number of carbonyl (C=O) groups excluding carboxylic acids is 2. The van der Waals surface area contributed by atoms with Crippen molar-refractivity contribution >= 4 is 23.4 Å². The minimum atomic E-state index is -0.726. The molecule has 0 fully saturated rings. The van der Waals surface area contributed by atoms with Crippen molar-refractivity contribution < 1.29 is 14.3 Å². The van der Waals surface area contributed by atoms with Crippen molar-refractivity contribution in [2.24, 2.45) is 5.92 Å². The van der Waals surface area contributed by atoms with Gasteiger partial charge in [-0.05, 0) is 37.6 Å². The molecule has 0 aliphatic carbocycles. The number of ketones is 1. The normalized spacial score (nSPS) is 11.9. The van der Waals surface area contributed by atoms with Gasteiger partial charge in [-0.1, -0.05) is 18.5 Å². The van der Waals surface area contributed by atoms with Crippen LogP contribution in [-0.4, -0.2) is 18.4 Å². The van der Waals surface area contributed by atoms with Crippen LogP contribution in [0.5, 0.6) is 0 Å². The number of Topliss-reactive ketones (excluding diaryl/α,β-unsaturated/α-hetero) is 1. The zero-order chi connectivity index (χ0) is 12.8. The predicted octanol–water partition coefficient (Wildman–Crippen LogP) is 3.11. The summed E-state index contributed by atoms with van der Waals surface area (Å²) < 4.78 is 4.88. The summed E-state index contributed by atoms with van der Waals surface area (Å²) in [5, 5.41) is 0.561. The molecule has 0 aromatic heterocycles. The topological polar surface area (TPSA) is 43.4 Å². The lowest BCUT2D eigenvalue weighted by molar-refractivity contribution is -0.146. The molecule has 0 radical (unpaired) electrons. The van der Waals surface area contributed by atoms with Gasteiger partial charge in [0.2, 0.25) is 0 Å². The highest BCUT2D eigenvalue weighted by Crippen LogP contribution is 2.16. The van der Waals surface area contributed by atoms with Gasteiger partial charge < -0.3 is 4.74 Å². The quantitative estimate of drug-likeness (QED) is 0.461. The molecule has 0 heterocycles. The van der Waals surface area contributed by atoms with E-state index in [0.29, 0.717) is 17.0 Å². The van der Waals surface area contributed by atoms with E-state index in [1.54, 1.807) is 38.1 Å². The molecule has 92 valence electrons. The van der Waals surface area contributed by atoms with E-state index >= 15 is 0 Å². The minimum absolute atomic E-state index is 0.220. The fourth-order valence-corrected chi connectivity index (χ4v) is 1.64. The summed E-state index contributed by atoms with van der Waals surface area (Å²) in [6.45, 7) is 3.79. The Bertz CT molecular complexity index is 398. The Balaban J connectivity index is 2.86. The SMILES string of the molecule is CCOC(=O)C(CC)C(=O)c1ccc(Cl)cc1. The standard InChI is InChI=1S/C13H15ClO3/c1-3-11(13(16)17-4-2)12(15)9-5-7-10(14)8-6-9/h5-8,11H,3-4H2,1-2H3. The number of hydrogen-bond acceptors (Lipinski definition) is 3. The van der Waals surface area contributed by atoms with E-state index in [9.17, 15) is 9.59 Å². The smallest absolute Gasteiger partial charge is 0.316 e. The first-order valence-corrected chi connectivity index (χ1v) is 5.94. The average molecular weight is 255 g/mol. The van der Waals surface area contributed by atoms with E-state index in [4.69, 9.17) is 16.3 Å². The molecule has 3 nitrogen and oxygen atoms in total. The molecule has 1 rings (SSSR count). The Kier molecular flexibility index (Phi) is 5.16. The molecule has 1 atom stereocenters. The largest absolute Gasteiger partial charge is 0.465 e. The zero-order valence-corrected chi connectivity index (χ0v) is 10.7. The Labute approximate surface area is 106 Å². The molecule has 0 saturated heterocycles. The van der Waals surface area contributed by atoms with E-state index in [2.05, 4.69) is 0 Å². The first kappa shape index (κ1) is 13.7. The third-order valence-electron chi connectivity index (χ3n) is 2.42. The molecule has 1 aromatic rings. The van der Waals surface area contributed by atoms with Crippen LogP contribution < -0.4 is 0 Å². The van der Waals surface area contributed by atoms with E-state index in [0.717, 1.165) is 0 Å². The van der Waals surface area contributed by atoms with Gasteiger partial charge in [0, 0.05) is 10.6 Å². The number of esters is 1. The lowest BCUT2D eigenvalue weighted by Crippen LogP contribution is -2.25. The van der Waals surface area contributed by atoms with Crippen molar-refractivity contribution in [3.63, 3.8) is 0 Å². The number of carbonyl (C=O) groups is 2. The maximum Gasteiger partial charge on any atom is 0.316 e. The molecule has 0 saturated carbocycles. The summed E-state index contributed by atoms with van der Waals surface area (Å²) in [5.41, 5.74) is 0.481. The summed E-state index contributed by atoms with van der Waals surface area (Å²) in [6, 6.07) is 6.50. The molecular weight excluding hydrogens is 240 g/mol. The summed E-state index contributed by atoms with van der Waals surface area (Å²) >= 11 is 5.74. The molecule has 0 amide bonds. The van der Waals surface area contributed by atoms with Gasteiger partial charge in [-0.15, -0.1) is 0 Å². The van der Waals surface area contributed by atoms with Gasteiger partial charge in [0.1, 0.15) is 5.92 Å². The number of ether oxygens (including phenoxy) is 1. The van der Waals surface area contributed by atoms with E-state index in [1.807, 2.05) is 0 Å². The predicted molar refractivity (Wildman–Crippen MR) is 66.2 cm³/mol. The first-order chi connectivity index (χ1) is 8.10. The lowest BCUT2D eigenvalue weighted by Gasteiger charge is -2.12. The highest BCUT2D eigenvalue weighted by atomic mass is 35.5. The van der Waals surface area contributed by atoms with Gasteiger partial charge >= 0.3 is 5.97 Å². The second-order valence-electron chi connectivity index (χ2n) is 3.58. The fraction of sp³-hybridized carbons (Fsp3) is 0.385. The van der Waals surface area contributed by atoms with Gasteiger partial charge in [-0.3, -0.25) is 9.59 Å². The lowest BCUT2D eigenvalue weighted by atomic mass is 9.95. The van der Waals surface area contributed by atoms with Crippen molar-refractivity contribution in [2.45, 2.75) is 20.3 Å². The van der Waals surface area contributed by atoms with Crippen molar-refractivity contribution in [1.29, 1.82) is 0 Å². The van der Waals surface area contributed by atoms with Crippen LogP contribution in [-0.2, 0) is 9.53 Å². The molecule has 4 heteroatoms. The third kappa shape index (κ3) is 3.56. The number of rotatable bonds is 5. The Morgan fingerprint density at radius 1 is 1.24 bits per heavy atom. The van der Waals surface area contributed by atoms with Gasteiger partial charge in [0.05, 0.1) is 6.61 Å². The van der Waals surface area contributed by atoms with Crippen LogP contribution in [0.3, 0.4) is 0 Å². The molecule has 0 bridgehead atoms. The van der Waals surface area contributed by atoms with Crippen LogP contribution in [0.4, 0.5) is 0 Å². The Morgan fingerprint density at radius 3 is 2.29 bits per heavy atom. The summed E-state index contributed by atoms with van der Waals surface area (Å²) in [6.07, 6.45) is 0.431. The van der Waals surface area contributed by atoms with E-state index in [1.165, 1.54) is 0 Å². The molecular formula is C13H15ClO3. The first-order valence-electron chi connectivity index (χ1n) is 5.56. The van der Waals surface area contributed by atoms with E-state index in [-0.39, 0.29) is 12.4 Å². The molecule has 0 N–H and O–H groups in total. The van der Waals surface area contributed by atoms with Crippen molar-refractivity contribution in [1.82, 2.24) is 0 Å². The van der Waals surface area contributed by atoms with Crippen molar-refractivity contribution in [2.75, 3.05) is 6.61 Å². The van der Waals surface area contributed by atoms with Gasteiger partial charge in [-0.25, -0.2) is 0 Å². The summed E-state index contributed by atoms with van der Waals surface area (Å²) in [5.74, 6) is -1.41. The van der Waals surface area contributed by atoms with Gasteiger partial charge in [0.25, 0.3) is 0 Å². The second kappa shape index (κ2) is 6.40. The molecule has 1 aromatic carbocycles. The van der Waals surface area contributed by atoms with E-state index < -0.39 is 11.9 Å². The average Bonchev–Trinajstić information content (AvgIpc) is 2.31. The molecule has 1 unspecified atom stereocenters. The molecule has 17 heavy (non-hydrogen) atoms.